The second kappa shape index (κ2) is 7.11. The van der Waals surface area contributed by atoms with Gasteiger partial charge >= 0.3 is 0 Å². The molecule has 0 saturated carbocycles. The number of carbonyl (C=O) groups excluding carboxylic acids is 2. The third kappa shape index (κ3) is 3.44. The van der Waals surface area contributed by atoms with Crippen LogP contribution in [0.15, 0.2) is 36.4 Å². The largest absolute Gasteiger partial charge is 0.344 e. The van der Waals surface area contributed by atoms with Crippen molar-refractivity contribution >= 4 is 34.2 Å². The molecule has 8 heteroatoms. The highest BCUT2D eigenvalue weighted by Crippen LogP contribution is 2.36. The van der Waals surface area contributed by atoms with Gasteiger partial charge in [-0.15, -0.1) is 11.3 Å². The molecule has 4 rings (SSSR count). The Morgan fingerprint density at radius 1 is 1.15 bits per heavy atom. The Bertz CT molecular complexity index is 960. The molecule has 0 radical (unpaired) electrons. The van der Waals surface area contributed by atoms with E-state index in [0.717, 1.165) is 35.3 Å². The molecule has 1 atom stereocenters. The summed E-state index contributed by atoms with van der Waals surface area (Å²) in [5.74, 6) is 0.00115. The highest BCUT2D eigenvalue weighted by molar-refractivity contribution is 7.14. The second-order valence-electron chi connectivity index (χ2n) is 6.87. The summed E-state index contributed by atoms with van der Waals surface area (Å²) in [5, 5.41) is 8.76. The van der Waals surface area contributed by atoms with Crippen molar-refractivity contribution in [1.29, 1.82) is 0 Å². The van der Waals surface area contributed by atoms with Crippen molar-refractivity contribution in [2.24, 2.45) is 0 Å². The summed E-state index contributed by atoms with van der Waals surface area (Å²) in [6, 6.07) is 11.4. The Labute approximate surface area is 161 Å². The van der Waals surface area contributed by atoms with Crippen LogP contribution in [0.3, 0.4) is 0 Å². The summed E-state index contributed by atoms with van der Waals surface area (Å²) < 4.78 is 0. The van der Waals surface area contributed by atoms with E-state index in [1.165, 1.54) is 16.1 Å². The number of nitrogens with zero attached hydrogens (tertiary/aromatic N) is 5. The lowest BCUT2D eigenvalue weighted by Crippen LogP contribution is -2.33. The topological polar surface area (TPSA) is 71.3 Å². The van der Waals surface area contributed by atoms with Crippen LogP contribution in [-0.4, -0.2) is 57.2 Å². The molecule has 27 heavy (non-hydrogen) atoms. The standard InChI is InChI=1S/C19H21N5O2S/c1-22(2)19(26)17-10-9-16(27-17)15-8-5-11-23(15)18(25)12-24-20-13-6-3-4-7-14(13)21-24/h3-4,6-7,9-10,15H,5,8,11-12H2,1-2H3. The maximum atomic E-state index is 12.9. The molecule has 3 heterocycles. The van der Waals surface area contributed by atoms with Gasteiger partial charge in [0.05, 0.1) is 10.9 Å². The van der Waals surface area contributed by atoms with E-state index in [0.29, 0.717) is 4.88 Å². The van der Waals surface area contributed by atoms with Gasteiger partial charge in [-0.25, -0.2) is 0 Å². The Hall–Kier alpha value is -2.74. The van der Waals surface area contributed by atoms with Crippen LogP contribution in [0.25, 0.3) is 11.0 Å². The van der Waals surface area contributed by atoms with Crippen molar-refractivity contribution in [3.63, 3.8) is 0 Å². The Kier molecular flexibility index (Phi) is 4.65. The molecule has 0 bridgehead atoms. The van der Waals surface area contributed by atoms with Crippen LogP contribution in [0, 0.1) is 0 Å². The van der Waals surface area contributed by atoms with Crippen LogP contribution in [0.2, 0.25) is 0 Å². The molecule has 0 spiro atoms. The van der Waals surface area contributed by atoms with Crippen LogP contribution < -0.4 is 0 Å². The lowest BCUT2D eigenvalue weighted by Gasteiger charge is -2.23. The molecule has 0 N–H and O–H groups in total. The van der Waals surface area contributed by atoms with Gasteiger partial charge in [0.1, 0.15) is 17.6 Å². The molecule has 1 aromatic carbocycles. The number of fused-ring (bicyclic) bond motifs is 1. The Balaban J connectivity index is 1.50. The van der Waals surface area contributed by atoms with E-state index in [2.05, 4.69) is 10.2 Å². The highest BCUT2D eigenvalue weighted by atomic mass is 32.1. The quantitative estimate of drug-likeness (QED) is 0.694. The summed E-state index contributed by atoms with van der Waals surface area (Å²) in [6.45, 7) is 0.846. The Morgan fingerprint density at radius 2 is 1.85 bits per heavy atom. The number of likely N-dealkylation sites (tertiary alicyclic amines) is 1. The molecular weight excluding hydrogens is 362 g/mol. The van der Waals surface area contributed by atoms with Gasteiger partial charge in [-0.3, -0.25) is 9.59 Å². The van der Waals surface area contributed by atoms with Crippen molar-refractivity contribution in [2.45, 2.75) is 25.4 Å². The second-order valence-corrected chi connectivity index (χ2v) is 7.98. The first-order valence-corrected chi connectivity index (χ1v) is 9.75. The summed E-state index contributed by atoms with van der Waals surface area (Å²) in [5.41, 5.74) is 1.57. The molecule has 2 aromatic heterocycles. The van der Waals surface area contributed by atoms with Gasteiger partial charge in [-0.2, -0.15) is 15.0 Å². The van der Waals surface area contributed by atoms with Crippen molar-refractivity contribution in [3.05, 3.63) is 46.2 Å². The number of amides is 2. The summed E-state index contributed by atoms with van der Waals surface area (Å²) >= 11 is 1.47. The molecule has 1 fully saturated rings. The molecule has 140 valence electrons. The molecule has 3 aromatic rings. The number of thiophene rings is 1. The van der Waals surface area contributed by atoms with E-state index in [1.54, 1.807) is 19.0 Å². The number of carbonyl (C=O) groups is 2. The third-order valence-electron chi connectivity index (χ3n) is 4.75. The van der Waals surface area contributed by atoms with Crippen molar-refractivity contribution in [3.8, 4) is 0 Å². The maximum Gasteiger partial charge on any atom is 0.263 e. The van der Waals surface area contributed by atoms with Crippen LogP contribution in [0.5, 0.6) is 0 Å². The summed E-state index contributed by atoms with van der Waals surface area (Å²) in [4.78, 5) is 31.7. The lowest BCUT2D eigenvalue weighted by molar-refractivity contribution is -0.133. The predicted octanol–water partition coefficient (Wildman–Crippen LogP) is 2.56. The predicted molar refractivity (Wildman–Crippen MR) is 104 cm³/mol. The first kappa shape index (κ1) is 17.7. The first-order valence-electron chi connectivity index (χ1n) is 8.93. The molecule has 2 amide bonds. The summed E-state index contributed by atoms with van der Waals surface area (Å²) in [7, 11) is 3.49. The molecule has 1 saturated heterocycles. The molecule has 1 aliphatic heterocycles. The number of benzene rings is 1. The number of rotatable bonds is 4. The fourth-order valence-corrected chi connectivity index (χ4v) is 4.59. The van der Waals surface area contributed by atoms with Crippen molar-refractivity contribution < 1.29 is 9.59 Å². The van der Waals surface area contributed by atoms with E-state index in [9.17, 15) is 9.59 Å². The van der Waals surface area contributed by atoms with Crippen LogP contribution in [0.1, 0.15) is 33.4 Å². The van der Waals surface area contributed by atoms with Gasteiger partial charge in [0.15, 0.2) is 0 Å². The van der Waals surface area contributed by atoms with Crippen LogP contribution in [-0.2, 0) is 11.3 Å². The minimum Gasteiger partial charge on any atom is -0.344 e. The average molecular weight is 383 g/mol. The molecule has 7 nitrogen and oxygen atoms in total. The average Bonchev–Trinajstić information content (AvgIpc) is 3.38. The monoisotopic (exact) mass is 383 g/mol. The van der Waals surface area contributed by atoms with E-state index in [4.69, 9.17) is 0 Å². The molecule has 1 unspecified atom stereocenters. The number of hydrogen-bond acceptors (Lipinski definition) is 5. The number of aromatic nitrogens is 3. The highest BCUT2D eigenvalue weighted by Gasteiger charge is 2.31. The van der Waals surface area contributed by atoms with Gasteiger partial charge in [0.2, 0.25) is 5.91 Å². The van der Waals surface area contributed by atoms with Crippen molar-refractivity contribution in [1.82, 2.24) is 24.8 Å². The van der Waals surface area contributed by atoms with E-state index >= 15 is 0 Å². The molecule has 1 aliphatic rings. The summed E-state index contributed by atoms with van der Waals surface area (Å²) in [6.07, 6.45) is 1.87. The third-order valence-corrected chi connectivity index (χ3v) is 5.92. The minimum absolute atomic E-state index is 0.00504. The van der Waals surface area contributed by atoms with Crippen molar-refractivity contribution in [2.75, 3.05) is 20.6 Å². The van der Waals surface area contributed by atoms with E-state index < -0.39 is 0 Å². The van der Waals surface area contributed by atoms with Crippen LogP contribution in [0.4, 0.5) is 0 Å². The van der Waals surface area contributed by atoms with Gasteiger partial charge < -0.3 is 9.80 Å². The smallest absolute Gasteiger partial charge is 0.263 e. The van der Waals surface area contributed by atoms with Gasteiger partial charge in [0.25, 0.3) is 5.91 Å². The lowest BCUT2D eigenvalue weighted by atomic mass is 10.2. The zero-order valence-electron chi connectivity index (χ0n) is 15.3. The van der Waals surface area contributed by atoms with Gasteiger partial charge in [-0.05, 0) is 37.1 Å². The normalized spacial score (nSPS) is 16.8. The zero-order valence-corrected chi connectivity index (χ0v) is 16.1. The van der Waals surface area contributed by atoms with E-state index in [-0.39, 0.29) is 24.4 Å². The SMILES string of the molecule is CN(C)C(=O)c1ccc(C2CCCN2C(=O)Cn2nc3ccccc3n2)s1. The molecular formula is C19H21N5O2S. The van der Waals surface area contributed by atoms with Gasteiger partial charge in [-0.1, -0.05) is 12.1 Å². The van der Waals surface area contributed by atoms with Crippen LogP contribution >= 0.6 is 11.3 Å². The Morgan fingerprint density at radius 3 is 2.52 bits per heavy atom. The first-order chi connectivity index (χ1) is 13.0. The van der Waals surface area contributed by atoms with Gasteiger partial charge in [0, 0.05) is 25.5 Å². The molecule has 0 aliphatic carbocycles. The maximum absolute atomic E-state index is 12.9. The fraction of sp³-hybridized carbons (Fsp3) is 0.368. The fourth-order valence-electron chi connectivity index (χ4n) is 3.42. The van der Waals surface area contributed by atoms with E-state index in [1.807, 2.05) is 41.3 Å². The zero-order chi connectivity index (χ0) is 19.0. The number of hydrogen-bond donors (Lipinski definition) is 0. The minimum atomic E-state index is -0.00504.